The molecule has 1 saturated carbocycles. The van der Waals surface area contributed by atoms with Gasteiger partial charge in [-0.05, 0) is 18.8 Å². The van der Waals surface area contributed by atoms with Gasteiger partial charge in [-0.15, -0.1) is 0 Å². The number of carbonyl (C=O) groups is 1. The zero-order chi connectivity index (χ0) is 9.68. The van der Waals surface area contributed by atoms with E-state index in [1.54, 1.807) is 0 Å². The van der Waals surface area contributed by atoms with Gasteiger partial charge in [-0.3, -0.25) is 4.79 Å². The van der Waals surface area contributed by atoms with Gasteiger partial charge in [0.15, 0.2) is 0 Å². The first-order chi connectivity index (χ1) is 6.18. The fourth-order valence-corrected chi connectivity index (χ4v) is 1.86. The Labute approximate surface area is 79.6 Å². The minimum atomic E-state index is -0.274. The molecule has 0 bridgehead atoms. The molecule has 2 unspecified atom stereocenters. The molecule has 0 aromatic carbocycles. The average molecular weight is 185 g/mol. The van der Waals surface area contributed by atoms with E-state index in [2.05, 4.69) is 6.92 Å². The molecule has 0 heterocycles. The third-order valence-electron chi connectivity index (χ3n) is 2.59. The molecule has 1 rings (SSSR count). The summed E-state index contributed by atoms with van der Waals surface area (Å²) in [7, 11) is 0. The zero-order valence-electron chi connectivity index (χ0n) is 8.29. The fraction of sp³-hybridized carbons (Fsp3) is 0.900. The first-order valence-corrected chi connectivity index (χ1v) is 5.08. The maximum absolute atomic E-state index is 10.4. The highest BCUT2D eigenvalue weighted by atomic mass is 16.5. The lowest BCUT2D eigenvalue weighted by molar-refractivity contribution is -0.119. The molecule has 1 amide bonds. The van der Waals surface area contributed by atoms with Gasteiger partial charge < -0.3 is 10.5 Å². The molecule has 0 spiro atoms. The van der Waals surface area contributed by atoms with E-state index in [0.717, 1.165) is 18.8 Å². The fourth-order valence-electron chi connectivity index (χ4n) is 1.86. The lowest BCUT2D eigenvalue weighted by Gasteiger charge is -2.26. The molecule has 2 N–H and O–H groups in total. The number of hydrogen-bond donors (Lipinski definition) is 1. The summed E-state index contributed by atoms with van der Waals surface area (Å²) in [5.74, 6) is 0.496. The van der Waals surface area contributed by atoms with Crippen LogP contribution in [-0.4, -0.2) is 18.6 Å². The van der Waals surface area contributed by atoms with E-state index < -0.39 is 0 Å². The zero-order valence-corrected chi connectivity index (χ0v) is 8.29. The lowest BCUT2D eigenvalue weighted by Crippen LogP contribution is -2.23. The molecular weight excluding hydrogens is 166 g/mol. The minimum Gasteiger partial charge on any atom is -0.378 e. The predicted molar refractivity (Wildman–Crippen MR) is 51.2 cm³/mol. The molecule has 3 nitrogen and oxygen atoms in total. The molecule has 0 radical (unpaired) electrons. The van der Waals surface area contributed by atoms with Crippen molar-refractivity contribution in [2.24, 2.45) is 11.7 Å². The Morgan fingerprint density at radius 3 is 2.92 bits per heavy atom. The number of ether oxygens (including phenoxy) is 1. The van der Waals surface area contributed by atoms with Crippen molar-refractivity contribution in [2.45, 2.75) is 45.1 Å². The highest BCUT2D eigenvalue weighted by Gasteiger charge is 2.18. The smallest absolute Gasteiger partial charge is 0.219 e. The van der Waals surface area contributed by atoms with Crippen LogP contribution in [0.5, 0.6) is 0 Å². The molecule has 2 atom stereocenters. The van der Waals surface area contributed by atoms with Gasteiger partial charge in [0.25, 0.3) is 0 Å². The molecule has 0 aromatic heterocycles. The molecule has 0 saturated heterocycles. The van der Waals surface area contributed by atoms with Crippen molar-refractivity contribution in [3.05, 3.63) is 0 Å². The lowest BCUT2D eigenvalue weighted by atomic mass is 9.89. The van der Waals surface area contributed by atoms with E-state index >= 15 is 0 Å². The van der Waals surface area contributed by atoms with Gasteiger partial charge in [-0.2, -0.15) is 0 Å². The summed E-state index contributed by atoms with van der Waals surface area (Å²) < 4.78 is 5.56. The maximum atomic E-state index is 10.4. The Balaban J connectivity index is 2.10. The molecule has 1 aliphatic rings. The van der Waals surface area contributed by atoms with Gasteiger partial charge in [0.2, 0.25) is 5.91 Å². The molecule has 76 valence electrons. The first-order valence-electron chi connectivity index (χ1n) is 5.08. The van der Waals surface area contributed by atoms with Crippen LogP contribution in [0.2, 0.25) is 0 Å². The Morgan fingerprint density at radius 1 is 1.54 bits per heavy atom. The molecule has 13 heavy (non-hydrogen) atoms. The van der Waals surface area contributed by atoms with Crippen LogP contribution in [0.25, 0.3) is 0 Å². The van der Waals surface area contributed by atoms with Gasteiger partial charge >= 0.3 is 0 Å². The highest BCUT2D eigenvalue weighted by molar-refractivity contribution is 5.73. The van der Waals surface area contributed by atoms with Gasteiger partial charge in [-0.1, -0.05) is 19.8 Å². The molecular formula is C10H19NO2. The average Bonchev–Trinajstić information content (AvgIpc) is 2.03. The predicted octanol–water partition coefficient (Wildman–Crippen LogP) is 1.46. The molecule has 1 fully saturated rings. The Morgan fingerprint density at radius 2 is 2.31 bits per heavy atom. The second-order valence-corrected chi connectivity index (χ2v) is 3.98. The standard InChI is InChI=1S/C10H19NO2/c1-8-3-2-4-9(7-8)13-6-5-10(11)12/h8-9H,2-7H2,1H3,(H2,11,12). The van der Waals surface area contributed by atoms with Crippen LogP contribution in [0.3, 0.4) is 0 Å². The number of amides is 1. The minimum absolute atomic E-state index is 0.274. The third-order valence-corrected chi connectivity index (χ3v) is 2.59. The van der Waals surface area contributed by atoms with Crippen molar-refractivity contribution < 1.29 is 9.53 Å². The van der Waals surface area contributed by atoms with Crippen molar-refractivity contribution in [3.63, 3.8) is 0 Å². The van der Waals surface area contributed by atoms with Crippen LogP contribution >= 0.6 is 0 Å². The summed E-state index contributed by atoms with van der Waals surface area (Å²) >= 11 is 0. The normalized spacial score (nSPS) is 28.7. The van der Waals surface area contributed by atoms with E-state index in [1.165, 1.54) is 12.8 Å². The number of rotatable bonds is 4. The second-order valence-electron chi connectivity index (χ2n) is 3.98. The van der Waals surface area contributed by atoms with Crippen molar-refractivity contribution in [2.75, 3.05) is 6.61 Å². The van der Waals surface area contributed by atoms with Gasteiger partial charge in [0.1, 0.15) is 0 Å². The van der Waals surface area contributed by atoms with Crippen LogP contribution in [0.15, 0.2) is 0 Å². The van der Waals surface area contributed by atoms with Crippen molar-refractivity contribution in [1.29, 1.82) is 0 Å². The summed E-state index contributed by atoms with van der Waals surface area (Å²) in [5, 5.41) is 0. The van der Waals surface area contributed by atoms with Crippen LogP contribution in [0, 0.1) is 5.92 Å². The summed E-state index contributed by atoms with van der Waals surface area (Å²) in [5.41, 5.74) is 5.02. The largest absolute Gasteiger partial charge is 0.378 e. The van der Waals surface area contributed by atoms with Gasteiger partial charge in [0, 0.05) is 6.42 Å². The van der Waals surface area contributed by atoms with Crippen LogP contribution in [0.4, 0.5) is 0 Å². The summed E-state index contributed by atoms with van der Waals surface area (Å²) in [6.45, 7) is 2.75. The number of nitrogens with two attached hydrogens (primary N) is 1. The number of primary amides is 1. The first kappa shape index (κ1) is 10.5. The van der Waals surface area contributed by atoms with Crippen molar-refractivity contribution in [3.8, 4) is 0 Å². The highest BCUT2D eigenvalue weighted by Crippen LogP contribution is 2.25. The summed E-state index contributed by atoms with van der Waals surface area (Å²) in [6, 6.07) is 0. The van der Waals surface area contributed by atoms with E-state index in [4.69, 9.17) is 10.5 Å². The van der Waals surface area contributed by atoms with Crippen LogP contribution in [0.1, 0.15) is 39.0 Å². The summed E-state index contributed by atoms with van der Waals surface area (Å²) in [4.78, 5) is 10.4. The molecule has 1 aliphatic carbocycles. The van der Waals surface area contributed by atoms with E-state index in [-0.39, 0.29) is 5.91 Å². The quantitative estimate of drug-likeness (QED) is 0.720. The van der Waals surface area contributed by atoms with Crippen LogP contribution < -0.4 is 5.73 Å². The number of hydrogen-bond acceptors (Lipinski definition) is 2. The van der Waals surface area contributed by atoms with E-state index in [1.807, 2.05) is 0 Å². The Bertz CT molecular complexity index is 170. The topological polar surface area (TPSA) is 52.3 Å². The second kappa shape index (κ2) is 5.22. The van der Waals surface area contributed by atoms with Gasteiger partial charge in [-0.25, -0.2) is 0 Å². The van der Waals surface area contributed by atoms with E-state index in [9.17, 15) is 4.79 Å². The summed E-state index contributed by atoms with van der Waals surface area (Å²) in [6.07, 6.45) is 5.56. The Kier molecular flexibility index (Phi) is 4.22. The van der Waals surface area contributed by atoms with Crippen molar-refractivity contribution >= 4 is 5.91 Å². The monoisotopic (exact) mass is 185 g/mol. The van der Waals surface area contributed by atoms with Crippen LogP contribution in [-0.2, 0) is 9.53 Å². The maximum Gasteiger partial charge on any atom is 0.219 e. The molecule has 3 heteroatoms. The molecule has 0 aliphatic heterocycles. The SMILES string of the molecule is CC1CCCC(OCCC(N)=O)C1. The molecule has 0 aromatic rings. The van der Waals surface area contributed by atoms with Crippen molar-refractivity contribution in [1.82, 2.24) is 0 Å². The number of carbonyl (C=O) groups excluding carboxylic acids is 1. The van der Waals surface area contributed by atoms with E-state index in [0.29, 0.717) is 19.1 Å². The Hall–Kier alpha value is -0.570. The van der Waals surface area contributed by atoms with Gasteiger partial charge in [0.05, 0.1) is 12.7 Å². The third kappa shape index (κ3) is 4.27.